The number of nitro groups is 1. The lowest BCUT2D eigenvalue weighted by Gasteiger charge is -2.07. The summed E-state index contributed by atoms with van der Waals surface area (Å²) in [5.74, 6) is 0.411. The van der Waals surface area contributed by atoms with Crippen molar-refractivity contribution in [3.63, 3.8) is 0 Å². The third kappa shape index (κ3) is 5.08. The summed E-state index contributed by atoms with van der Waals surface area (Å²) >= 11 is 0. The van der Waals surface area contributed by atoms with Crippen LogP contribution in [0.15, 0.2) is 71.3 Å². The summed E-state index contributed by atoms with van der Waals surface area (Å²) < 4.78 is 5.56. The molecule has 2 aromatic carbocycles. The second-order valence-corrected chi connectivity index (χ2v) is 6.83. The first-order valence-electron chi connectivity index (χ1n) is 9.72. The van der Waals surface area contributed by atoms with Crippen LogP contribution in [-0.2, 0) is 0 Å². The maximum Gasteiger partial charge on any atom is 0.280 e. The highest BCUT2D eigenvalue weighted by molar-refractivity contribution is 6.11. The van der Waals surface area contributed by atoms with Crippen LogP contribution >= 0.6 is 0 Å². The van der Waals surface area contributed by atoms with E-state index < -0.39 is 4.92 Å². The van der Waals surface area contributed by atoms with E-state index >= 15 is 0 Å². The monoisotopic (exact) mass is 389 g/mol. The Hall–Kier alpha value is -3.47. The average Bonchev–Trinajstić information content (AvgIpc) is 3.28. The van der Waals surface area contributed by atoms with Gasteiger partial charge in [-0.3, -0.25) is 14.9 Å². The maximum atomic E-state index is 12.9. The molecule has 0 atom stereocenters. The van der Waals surface area contributed by atoms with E-state index in [2.05, 4.69) is 6.92 Å². The predicted molar refractivity (Wildman–Crippen MR) is 114 cm³/mol. The first-order valence-corrected chi connectivity index (χ1v) is 9.72. The van der Waals surface area contributed by atoms with Crippen molar-refractivity contribution < 1.29 is 14.1 Å². The Balaban J connectivity index is 2.01. The summed E-state index contributed by atoms with van der Waals surface area (Å²) in [5.41, 5.74) is 2.06. The van der Waals surface area contributed by atoms with Crippen LogP contribution < -0.4 is 0 Å². The number of unbranched alkanes of at least 4 members (excludes halogenated alkanes) is 2. The molecule has 0 saturated carbocycles. The maximum absolute atomic E-state index is 12.9. The van der Waals surface area contributed by atoms with Gasteiger partial charge >= 0.3 is 0 Å². The largest absolute Gasteiger partial charge is 0.465 e. The van der Waals surface area contributed by atoms with Crippen molar-refractivity contribution >= 4 is 23.1 Å². The van der Waals surface area contributed by atoms with E-state index in [4.69, 9.17) is 4.42 Å². The Kier molecular flexibility index (Phi) is 6.74. The lowest BCUT2D eigenvalue weighted by molar-refractivity contribution is -0.385. The third-order valence-corrected chi connectivity index (χ3v) is 4.73. The van der Waals surface area contributed by atoms with E-state index in [0.29, 0.717) is 5.56 Å². The minimum atomic E-state index is -0.516. The zero-order valence-corrected chi connectivity index (χ0v) is 16.3. The Morgan fingerprint density at radius 2 is 1.86 bits per heavy atom. The quantitative estimate of drug-likeness (QED) is 0.180. The van der Waals surface area contributed by atoms with E-state index in [1.54, 1.807) is 48.7 Å². The van der Waals surface area contributed by atoms with Gasteiger partial charge in [-0.1, -0.05) is 50.1 Å². The number of benzene rings is 2. The van der Waals surface area contributed by atoms with Crippen molar-refractivity contribution in [2.75, 3.05) is 0 Å². The molecule has 0 amide bonds. The summed E-state index contributed by atoms with van der Waals surface area (Å²) in [7, 11) is 0. The molecule has 0 unspecified atom stereocenters. The molecule has 0 radical (unpaired) electrons. The van der Waals surface area contributed by atoms with Gasteiger partial charge in [-0.2, -0.15) is 0 Å². The molecule has 0 fully saturated rings. The molecule has 3 rings (SSSR count). The molecule has 5 heteroatoms. The summed E-state index contributed by atoms with van der Waals surface area (Å²) in [6.45, 7) is 2.15. The molecule has 1 heterocycles. The highest BCUT2D eigenvalue weighted by atomic mass is 16.6. The second kappa shape index (κ2) is 9.64. The van der Waals surface area contributed by atoms with Crippen molar-refractivity contribution in [1.29, 1.82) is 0 Å². The Morgan fingerprint density at radius 1 is 1.07 bits per heavy atom. The van der Waals surface area contributed by atoms with E-state index in [-0.39, 0.29) is 17.0 Å². The van der Waals surface area contributed by atoms with E-state index in [1.165, 1.54) is 6.07 Å². The lowest BCUT2D eigenvalue weighted by atomic mass is 9.97. The first-order chi connectivity index (χ1) is 14.1. The number of carbonyl (C=O) groups excluding carboxylic acids is 1. The van der Waals surface area contributed by atoms with Crippen LogP contribution in [0.2, 0.25) is 0 Å². The molecule has 0 spiro atoms. The van der Waals surface area contributed by atoms with Gasteiger partial charge in [0.1, 0.15) is 11.3 Å². The summed E-state index contributed by atoms with van der Waals surface area (Å²) in [6.07, 6.45) is 7.64. The van der Waals surface area contributed by atoms with Gasteiger partial charge in [-0.05, 0) is 54.3 Å². The summed E-state index contributed by atoms with van der Waals surface area (Å²) in [6, 6.07) is 17.0. The van der Waals surface area contributed by atoms with Gasteiger partial charge in [-0.25, -0.2) is 0 Å². The van der Waals surface area contributed by atoms with Gasteiger partial charge in [-0.15, -0.1) is 0 Å². The molecule has 0 aliphatic carbocycles. The average molecular weight is 389 g/mol. The van der Waals surface area contributed by atoms with Gasteiger partial charge in [0.05, 0.1) is 11.2 Å². The van der Waals surface area contributed by atoms with E-state index in [0.717, 1.165) is 42.6 Å². The highest BCUT2D eigenvalue weighted by Crippen LogP contribution is 2.28. The van der Waals surface area contributed by atoms with Crippen molar-refractivity contribution in [3.05, 3.63) is 99.5 Å². The minimum absolute atomic E-state index is 0.0855. The fraction of sp³-hybridized carbons (Fsp3) is 0.208. The number of furan rings is 1. The zero-order valence-electron chi connectivity index (χ0n) is 16.3. The number of hydrogen-bond donors (Lipinski definition) is 0. The van der Waals surface area contributed by atoms with Crippen LogP contribution in [0.25, 0.3) is 11.6 Å². The molecule has 1 aromatic heterocycles. The summed E-state index contributed by atoms with van der Waals surface area (Å²) in [4.78, 5) is 23.9. The second-order valence-electron chi connectivity index (χ2n) is 6.83. The fourth-order valence-corrected chi connectivity index (χ4v) is 3.22. The van der Waals surface area contributed by atoms with Crippen LogP contribution in [0.4, 0.5) is 5.69 Å². The van der Waals surface area contributed by atoms with Crippen molar-refractivity contribution in [2.45, 2.75) is 32.6 Å². The topological polar surface area (TPSA) is 73.3 Å². The van der Waals surface area contributed by atoms with Crippen molar-refractivity contribution in [1.82, 2.24) is 0 Å². The molecule has 29 heavy (non-hydrogen) atoms. The molecule has 148 valence electrons. The molecular weight excluding hydrogens is 366 g/mol. The van der Waals surface area contributed by atoms with Gasteiger partial charge in [0.2, 0.25) is 0 Å². The van der Waals surface area contributed by atoms with Crippen molar-refractivity contribution in [2.24, 2.45) is 0 Å². The smallest absolute Gasteiger partial charge is 0.280 e. The van der Waals surface area contributed by atoms with Crippen LogP contribution in [0.3, 0.4) is 0 Å². The molecular formula is C24H23NO4. The molecule has 0 aliphatic heterocycles. The zero-order chi connectivity index (χ0) is 20.6. The molecule has 5 nitrogen and oxygen atoms in total. The standard InChI is InChI=1S/C24H23NO4/c1-2-3-5-11-20(23-12-8-15-29-23)16-18-13-14-22(25(27)28)21(17-18)24(26)19-9-6-4-7-10-19/h4,6-10,12-17H,2-3,5,11H2,1H3/b20-16+. The van der Waals surface area contributed by atoms with E-state index in [1.807, 2.05) is 18.2 Å². The fourth-order valence-electron chi connectivity index (χ4n) is 3.22. The van der Waals surface area contributed by atoms with Gasteiger partial charge in [0, 0.05) is 11.6 Å². The number of allylic oxidation sites excluding steroid dienone is 1. The number of hydrogen-bond acceptors (Lipinski definition) is 4. The van der Waals surface area contributed by atoms with Gasteiger partial charge in [0.25, 0.3) is 5.69 Å². The number of carbonyl (C=O) groups is 1. The number of rotatable bonds is 9. The SMILES string of the molecule is CCCCC/C(=C\c1ccc([N+](=O)[O-])c(C(=O)c2ccccc2)c1)c1ccco1. The molecule has 0 bridgehead atoms. The van der Waals surface area contributed by atoms with Crippen molar-refractivity contribution in [3.8, 4) is 0 Å². The van der Waals surface area contributed by atoms with E-state index in [9.17, 15) is 14.9 Å². The van der Waals surface area contributed by atoms with Gasteiger partial charge < -0.3 is 4.42 Å². The number of nitro benzene ring substituents is 1. The predicted octanol–water partition coefficient (Wildman–Crippen LogP) is 6.54. The molecule has 0 N–H and O–H groups in total. The summed E-state index contributed by atoms with van der Waals surface area (Å²) in [5, 5.41) is 11.5. The Labute approximate surface area is 169 Å². The van der Waals surface area contributed by atoms with Crippen LogP contribution in [0, 0.1) is 10.1 Å². The Bertz CT molecular complexity index is 1000. The normalized spacial score (nSPS) is 11.4. The van der Waals surface area contributed by atoms with Crippen LogP contribution in [-0.4, -0.2) is 10.7 Å². The number of ketones is 1. The molecule has 0 aliphatic rings. The Morgan fingerprint density at radius 3 is 2.52 bits per heavy atom. The highest BCUT2D eigenvalue weighted by Gasteiger charge is 2.21. The third-order valence-electron chi connectivity index (χ3n) is 4.73. The lowest BCUT2D eigenvalue weighted by Crippen LogP contribution is -2.05. The molecule has 0 saturated heterocycles. The number of nitrogens with zero attached hydrogens (tertiary/aromatic N) is 1. The van der Waals surface area contributed by atoms with Crippen LogP contribution in [0.5, 0.6) is 0 Å². The first kappa shape index (κ1) is 20.3. The molecule has 3 aromatic rings. The van der Waals surface area contributed by atoms with Crippen LogP contribution in [0.1, 0.15) is 59.9 Å². The minimum Gasteiger partial charge on any atom is -0.465 e. The van der Waals surface area contributed by atoms with Gasteiger partial charge in [0.15, 0.2) is 5.78 Å².